The molecular formula is C18H19F3IN3O. The molecule has 2 aromatic rings. The number of alkyl halides is 3. The van der Waals surface area contributed by atoms with Crippen molar-refractivity contribution in [2.24, 2.45) is 0 Å². The average Bonchev–Trinajstić information content (AvgIpc) is 3.09. The second-order valence-electron chi connectivity index (χ2n) is 6.11. The summed E-state index contributed by atoms with van der Waals surface area (Å²) in [6, 6.07) is 7.60. The molecule has 4 nitrogen and oxygen atoms in total. The normalized spacial score (nSPS) is 15.3. The molecule has 26 heavy (non-hydrogen) atoms. The summed E-state index contributed by atoms with van der Waals surface area (Å²) >= 11 is 2.19. The number of ether oxygens (including phenoxy) is 1. The molecule has 1 heterocycles. The molecule has 0 N–H and O–H groups in total. The average molecular weight is 477 g/mol. The Morgan fingerprint density at radius 1 is 1.23 bits per heavy atom. The smallest absolute Gasteiger partial charge is 0.423 e. The monoisotopic (exact) mass is 477 g/mol. The zero-order valence-electron chi connectivity index (χ0n) is 14.3. The van der Waals surface area contributed by atoms with E-state index in [4.69, 9.17) is 4.74 Å². The lowest BCUT2D eigenvalue weighted by Gasteiger charge is -2.24. The van der Waals surface area contributed by atoms with E-state index in [1.165, 1.54) is 0 Å². The number of hydrogen-bond acceptors (Lipinski definition) is 4. The summed E-state index contributed by atoms with van der Waals surface area (Å²) in [6.07, 6.45) is -0.503. The van der Waals surface area contributed by atoms with E-state index in [9.17, 15) is 13.2 Å². The number of nitrogens with zero attached hydrogens (tertiary/aromatic N) is 3. The van der Waals surface area contributed by atoms with Crippen LogP contribution >= 0.6 is 22.6 Å². The van der Waals surface area contributed by atoms with Gasteiger partial charge in [0, 0.05) is 16.3 Å². The maximum absolute atomic E-state index is 13.3. The first-order valence-corrected chi connectivity index (χ1v) is 9.61. The highest BCUT2D eigenvalue weighted by Crippen LogP contribution is 2.38. The summed E-state index contributed by atoms with van der Waals surface area (Å²) in [7, 11) is 0. The molecule has 0 atom stereocenters. The SMILES string of the molecule is CCN(c1ncc(C(F)(F)F)c(OC2CCCC2)n1)c1ccccc1I. The summed E-state index contributed by atoms with van der Waals surface area (Å²) in [6.45, 7) is 2.43. The third kappa shape index (κ3) is 4.21. The van der Waals surface area contributed by atoms with Gasteiger partial charge >= 0.3 is 6.18 Å². The number of benzene rings is 1. The third-order valence-electron chi connectivity index (χ3n) is 4.33. The molecule has 0 unspecified atom stereocenters. The summed E-state index contributed by atoms with van der Waals surface area (Å²) in [4.78, 5) is 9.92. The fourth-order valence-electron chi connectivity index (χ4n) is 3.03. The molecule has 8 heteroatoms. The zero-order chi connectivity index (χ0) is 18.7. The molecule has 0 aliphatic heterocycles. The van der Waals surface area contributed by atoms with Crippen molar-refractivity contribution in [3.8, 4) is 5.88 Å². The molecule has 0 saturated heterocycles. The molecule has 1 aromatic heterocycles. The molecule has 140 valence electrons. The van der Waals surface area contributed by atoms with Crippen molar-refractivity contribution in [2.45, 2.75) is 44.9 Å². The Balaban J connectivity index is 2.00. The lowest BCUT2D eigenvalue weighted by molar-refractivity contribution is -0.139. The number of anilines is 2. The first kappa shape index (κ1) is 19.2. The Morgan fingerprint density at radius 2 is 1.92 bits per heavy atom. The molecule has 0 bridgehead atoms. The highest BCUT2D eigenvalue weighted by molar-refractivity contribution is 14.1. The lowest BCUT2D eigenvalue weighted by atomic mass is 10.2. The van der Waals surface area contributed by atoms with Crippen LogP contribution in [0.5, 0.6) is 5.88 Å². The van der Waals surface area contributed by atoms with E-state index in [-0.39, 0.29) is 17.9 Å². The van der Waals surface area contributed by atoms with Crippen molar-refractivity contribution >= 4 is 34.2 Å². The minimum atomic E-state index is -4.55. The van der Waals surface area contributed by atoms with E-state index in [0.29, 0.717) is 6.54 Å². The molecule has 3 rings (SSSR count). The molecule has 1 fully saturated rings. The van der Waals surface area contributed by atoms with Gasteiger partial charge in [0.1, 0.15) is 11.7 Å². The quantitative estimate of drug-likeness (QED) is 0.528. The van der Waals surface area contributed by atoms with E-state index in [2.05, 4.69) is 32.6 Å². The molecule has 0 radical (unpaired) electrons. The van der Waals surface area contributed by atoms with Gasteiger partial charge in [-0.2, -0.15) is 18.2 Å². The van der Waals surface area contributed by atoms with Gasteiger partial charge in [-0.1, -0.05) is 12.1 Å². The van der Waals surface area contributed by atoms with Crippen molar-refractivity contribution in [3.63, 3.8) is 0 Å². The second kappa shape index (κ2) is 7.98. The van der Waals surface area contributed by atoms with Gasteiger partial charge in [-0.25, -0.2) is 4.98 Å². The molecule has 1 aliphatic carbocycles. The molecule has 1 saturated carbocycles. The molecule has 0 amide bonds. The number of aromatic nitrogens is 2. The predicted molar refractivity (Wildman–Crippen MR) is 102 cm³/mol. The van der Waals surface area contributed by atoms with Crippen LogP contribution in [0.3, 0.4) is 0 Å². The van der Waals surface area contributed by atoms with E-state index in [0.717, 1.165) is 41.1 Å². The Kier molecular flexibility index (Phi) is 5.89. The molecule has 1 aliphatic rings. The van der Waals surface area contributed by atoms with Gasteiger partial charge in [-0.15, -0.1) is 0 Å². The Hall–Kier alpha value is -1.58. The highest BCUT2D eigenvalue weighted by Gasteiger charge is 2.37. The first-order valence-electron chi connectivity index (χ1n) is 8.53. The Morgan fingerprint density at radius 3 is 2.54 bits per heavy atom. The van der Waals surface area contributed by atoms with Crippen LogP contribution in [-0.2, 0) is 6.18 Å². The van der Waals surface area contributed by atoms with Gasteiger partial charge in [0.25, 0.3) is 0 Å². The van der Waals surface area contributed by atoms with Crippen molar-refractivity contribution in [1.82, 2.24) is 9.97 Å². The summed E-state index contributed by atoms with van der Waals surface area (Å²) < 4.78 is 46.6. The maximum atomic E-state index is 13.3. The van der Waals surface area contributed by atoms with Gasteiger partial charge < -0.3 is 9.64 Å². The van der Waals surface area contributed by atoms with E-state index in [1.807, 2.05) is 31.2 Å². The van der Waals surface area contributed by atoms with Crippen LogP contribution in [-0.4, -0.2) is 22.6 Å². The largest absolute Gasteiger partial charge is 0.474 e. The van der Waals surface area contributed by atoms with Crippen LogP contribution in [0.1, 0.15) is 38.2 Å². The van der Waals surface area contributed by atoms with Gasteiger partial charge in [-0.05, 0) is 67.3 Å². The highest BCUT2D eigenvalue weighted by atomic mass is 127. The Labute approximate surface area is 163 Å². The summed E-state index contributed by atoms with van der Waals surface area (Å²) in [5.74, 6) is -0.170. The van der Waals surface area contributed by atoms with Gasteiger partial charge in [0.05, 0.1) is 5.69 Å². The fourth-order valence-corrected chi connectivity index (χ4v) is 3.70. The van der Waals surface area contributed by atoms with E-state index < -0.39 is 11.7 Å². The van der Waals surface area contributed by atoms with Crippen molar-refractivity contribution in [3.05, 3.63) is 39.6 Å². The van der Waals surface area contributed by atoms with E-state index in [1.54, 1.807) is 4.90 Å². The van der Waals surface area contributed by atoms with Gasteiger partial charge in [0.2, 0.25) is 11.8 Å². The molecule has 0 spiro atoms. The number of rotatable bonds is 5. The van der Waals surface area contributed by atoms with Crippen molar-refractivity contribution < 1.29 is 17.9 Å². The second-order valence-corrected chi connectivity index (χ2v) is 7.27. The fraction of sp³-hybridized carbons (Fsp3) is 0.444. The van der Waals surface area contributed by atoms with Crippen LogP contribution in [0.25, 0.3) is 0 Å². The first-order chi connectivity index (χ1) is 12.4. The van der Waals surface area contributed by atoms with Gasteiger partial charge in [-0.3, -0.25) is 0 Å². The standard InChI is InChI=1S/C18H19F3IN3O/c1-2-25(15-10-6-5-9-14(15)22)17-23-11-13(18(19,20)21)16(24-17)26-12-7-3-4-8-12/h5-6,9-12H,2-4,7-8H2,1H3. The lowest BCUT2D eigenvalue weighted by Crippen LogP contribution is -2.23. The third-order valence-corrected chi connectivity index (χ3v) is 5.24. The van der Waals surface area contributed by atoms with Crippen LogP contribution in [0.4, 0.5) is 24.8 Å². The minimum Gasteiger partial charge on any atom is -0.474 e. The predicted octanol–water partition coefficient (Wildman–Crippen LogP) is 5.58. The van der Waals surface area contributed by atoms with Gasteiger partial charge in [0.15, 0.2) is 0 Å². The van der Waals surface area contributed by atoms with Crippen LogP contribution in [0, 0.1) is 3.57 Å². The van der Waals surface area contributed by atoms with Crippen LogP contribution in [0.2, 0.25) is 0 Å². The molecular weight excluding hydrogens is 458 g/mol. The van der Waals surface area contributed by atoms with Crippen molar-refractivity contribution in [1.29, 1.82) is 0 Å². The molecule has 1 aromatic carbocycles. The summed E-state index contributed by atoms with van der Waals surface area (Å²) in [5.41, 5.74) is -0.0749. The zero-order valence-corrected chi connectivity index (χ0v) is 16.4. The number of para-hydroxylation sites is 1. The summed E-state index contributed by atoms with van der Waals surface area (Å²) in [5, 5.41) is 0. The van der Waals surface area contributed by atoms with Crippen LogP contribution in [0.15, 0.2) is 30.5 Å². The Bertz CT molecular complexity index is 764. The number of hydrogen-bond donors (Lipinski definition) is 0. The minimum absolute atomic E-state index is 0.206. The topological polar surface area (TPSA) is 38.2 Å². The van der Waals surface area contributed by atoms with Crippen LogP contribution < -0.4 is 9.64 Å². The van der Waals surface area contributed by atoms with Crippen molar-refractivity contribution in [2.75, 3.05) is 11.4 Å². The van der Waals surface area contributed by atoms with E-state index >= 15 is 0 Å². The number of halogens is 4. The maximum Gasteiger partial charge on any atom is 0.423 e.